The summed E-state index contributed by atoms with van der Waals surface area (Å²) in [4.78, 5) is 0. The molecule has 0 radical (unpaired) electrons. The first-order chi connectivity index (χ1) is 8.04. The summed E-state index contributed by atoms with van der Waals surface area (Å²) in [5.41, 5.74) is 8.01. The van der Waals surface area contributed by atoms with Crippen molar-refractivity contribution < 1.29 is 0 Å². The number of benzene rings is 1. The van der Waals surface area contributed by atoms with Gasteiger partial charge in [0.1, 0.15) is 0 Å². The van der Waals surface area contributed by atoms with Crippen LogP contribution in [0, 0.1) is 0 Å². The Labute approximate surface area is 110 Å². The van der Waals surface area contributed by atoms with Crippen molar-refractivity contribution in [2.45, 2.75) is 25.9 Å². The van der Waals surface area contributed by atoms with Gasteiger partial charge in [0.2, 0.25) is 0 Å². The predicted molar refractivity (Wildman–Crippen MR) is 72.7 cm³/mol. The van der Waals surface area contributed by atoms with Crippen LogP contribution in [0.25, 0.3) is 0 Å². The molecule has 0 fully saturated rings. The summed E-state index contributed by atoms with van der Waals surface area (Å²) in [6, 6.07) is 8.08. The maximum absolute atomic E-state index is 6.41. The van der Waals surface area contributed by atoms with E-state index in [4.69, 9.17) is 5.73 Å². The number of aryl methyl sites for hydroxylation is 1. The molecule has 3 nitrogen and oxygen atoms in total. The summed E-state index contributed by atoms with van der Waals surface area (Å²) in [5, 5.41) is 4.27. The predicted octanol–water partition coefficient (Wildman–Crippen LogP) is 2.89. The molecule has 0 amide bonds. The van der Waals surface area contributed by atoms with Gasteiger partial charge in [0.15, 0.2) is 0 Å². The zero-order valence-corrected chi connectivity index (χ0v) is 11.6. The van der Waals surface area contributed by atoms with Crippen LogP contribution >= 0.6 is 15.9 Å². The molecule has 1 heterocycles. The van der Waals surface area contributed by atoms with Crippen molar-refractivity contribution in [3.05, 3.63) is 52.3 Å². The molecule has 2 aromatic rings. The molecule has 0 saturated heterocycles. The van der Waals surface area contributed by atoms with Crippen molar-refractivity contribution in [3.63, 3.8) is 0 Å². The lowest BCUT2D eigenvalue weighted by Gasteiger charge is -2.24. The molecule has 90 valence electrons. The fraction of sp³-hybridized carbons (Fsp3) is 0.308. The van der Waals surface area contributed by atoms with Gasteiger partial charge in [-0.25, -0.2) is 0 Å². The average Bonchev–Trinajstić information content (AvgIpc) is 2.78. The minimum Gasteiger partial charge on any atom is -0.318 e. The first-order valence-electron chi connectivity index (χ1n) is 5.62. The second kappa shape index (κ2) is 4.63. The van der Waals surface area contributed by atoms with E-state index in [1.165, 1.54) is 0 Å². The SMILES string of the molecule is CCn1cc(C(C)(N)c2ccc(Br)cc2)cn1. The lowest BCUT2D eigenvalue weighted by Crippen LogP contribution is -2.33. The van der Waals surface area contributed by atoms with Crippen LogP contribution in [-0.2, 0) is 12.1 Å². The summed E-state index contributed by atoms with van der Waals surface area (Å²) >= 11 is 3.43. The van der Waals surface area contributed by atoms with E-state index in [9.17, 15) is 0 Å². The third kappa shape index (κ3) is 2.42. The number of halogens is 1. The van der Waals surface area contributed by atoms with E-state index in [2.05, 4.69) is 28.0 Å². The van der Waals surface area contributed by atoms with Crippen molar-refractivity contribution in [3.8, 4) is 0 Å². The minimum atomic E-state index is -0.506. The summed E-state index contributed by atoms with van der Waals surface area (Å²) < 4.78 is 2.94. The van der Waals surface area contributed by atoms with Crippen LogP contribution in [0.3, 0.4) is 0 Å². The van der Waals surface area contributed by atoms with Gasteiger partial charge in [-0.15, -0.1) is 0 Å². The molecule has 17 heavy (non-hydrogen) atoms. The van der Waals surface area contributed by atoms with Gasteiger partial charge in [0.05, 0.1) is 11.7 Å². The smallest absolute Gasteiger partial charge is 0.0667 e. The maximum atomic E-state index is 6.41. The maximum Gasteiger partial charge on any atom is 0.0667 e. The average molecular weight is 294 g/mol. The molecule has 1 unspecified atom stereocenters. The largest absolute Gasteiger partial charge is 0.318 e. The second-order valence-corrected chi connectivity index (χ2v) is 5.21. The zero-order chi connectivity index (χ0) is 12.5. The summed E-state index contributed by atoms with van der Waals surface area (Å²) in [6.45, 7) is 4.92. The van der Waals surface area contributed by atoms with Crippen LogP contribution in [0.2, 0.25) is 0 Å². The fourth-order valence-electron chi connectivity index (χ4n) is 1.77. The van der Waals surface area contributed by atoms with E-state index < -0.39 is 5.54 Å². The van der Waals surface area contributed by atoms with Gasteiger partial charge in [0.25, 0.3) is 0 Å². The highest BCUT2D eigenvalue weighted by Gasteiger charge is 2.25. The van der Waals surface area contributed by atoms with Crippen molar-refractivity contribution in [2.24, 2.45) is 5.73 Å². The van der Waals surface area contributed by atoms with Crippen molar-refractivity contribution in [2.75, 3.05) is 0 Å². The Kier molecular flexibility index (Phi) is 3.35. The lowest BCUT2D eigenvalue weighted by atomic mass is 9.88. The van der Waals surface area contributed by atoms with E-state index in [1.54, 1.807) is 0 Å². The molecule has 1 atom stereocenters. The summed E-state index contributed by atoms with van der Waals surface area (Å²) in [5.74, 6) is 0. The molecule has 0 spiro atoms. The van der Waals surface area contributed by atoms with Crippen molar-refractivity contribution >= 4 is 15.9 Å². The number of nitrogens with zero attached hydrogens (tertiary/aromatic N) is 2. The van der Waals surface area contributed by atoms with Gasteiger partial charge >= 0.3 is 0 Å². The standard InChI is InChI=1S/C13H16BrN3/c1-3-17-9-11(8-16-17)13(2,15)10-4-6-12(14)7-5-10/h4-9H,3,15H2,1-2H3. The molecule has 0 saturated carbocycles. The highest BCUT2D eigenvalue weighted by atomic mass is 79.9. The summed E-state index contributed by atoms with van der Waals surface area (Å²) in [7, 11) is 0. The van der Waals surface area contributed by atoms with E-state index >= 15 is 0 Å². The quantitative estimate of drug-likeness (QED) is 0.946. The van der Waals surface area contributed by atoms with Gasteiger partial charge in [-0.2, -0.15) is 5.10 Å². The Morgan fingerprint density at radius 3 is 2.47 bits per heavy atom. The van der Waals surface area contributed by atoms with Crippen molar-refractivity contribution in [1.29, 1.82) is 0 Å². The Hall–Kier alpha value is -1.13. The van der Waals surface area contributed by atoms with Crippen LogP contribution in [0.15, 0.2) is 41.1 Å². The van der Waals surface area contributed by atoms with Crippen LogP contribution < -0.4 is 5.73 Å². The van der Waals surface area contributed by atoms with Crippen LogP contribution in [-0.4, -0.2) is 9.78 Å². The van der Waals surface area contributed by atoms with Gasteiger partial charge in [-0.05, 0) is 31.5 Å². The molecule has 0 aliphatic rings. The lowest BCUT2D eigenvalue weighted by molar-refractivity contribution is 0.598. The van der Waals surface area contributed by atoms with Crippen molar-refractivity contribution in [1.82, 2.24) is 9.78 Å². The molecule has 1 aromatic carbocycles. The van der Waals surface area contributed by atoms with Crippen LogP contribution in [0.5, 0.6) is 0 Å². The van der Waals surface area contributed by atoms with E-state index in [1.807, 2.05) is 48.3 Å². The fourth-order valence-corrected chi connectivity index (χ4v) is 2.03. The Bertz CT molecular complexity index is 500. The zero-order valence-electron chi connectivity index (χ0n) is 10.0. The third-order valence-electron chi connectivity index (χ3n) is 3.00. The monoisotopic (exact) mass is 293 g/mol. The Morgan fingerprint density at radius 1 is 1.29 bits per heavy atom. The Balaban J connectivity index is 2.37. The number of hydrogen-bond acceptors (Lipinski definition) is 2. The summed E-state index contributed by atoms with van der Waals surface area (Å²) in [6.07, 6.45) is 3.84. The molecule has 2 N–H and O–H groups in total. The highest BCUT2D eigenvalue weighted by molar-refractivity contribution is 9.10. The topological polar surface area (TPSA) is 43.8 Å². The molecule has 0 aliphatic carbocycles. The first kappa shape index (κ1) is 12.3. The molecule has 4 heteroatoms. The highest BCUT2D eigenvalue weighted by Crippen LogP contribution is 2.27. The molecule has 1 aromatic heterocycles. The van der Waals surface area contributed by atoms with E-state index in [0.29, 0.717) is 0 Å². The van der Waals surface area contributed by atoms with Gasteiger partial charge in [-0.1, -0.05) is 28.1 Å². The molecular formula is C13H16BrN3. The molecule has 0 aliphatic heterocycles. The van der Waals surface area contributed by atoms with Gasteiger partial charge in [0, 0.05) is 22.8 Å². The van der Waals surface area contributed by atoms with Crippen LogP contribution in [0.4, 0.5) is 0 Å². The minimum absolute atomic E-state index is 0.506. The number of hydrogen-bond donors (Lipinski definition) is 1. The van der Waals surface area contributed by atoms with E-state index in [0.717, 1.165) is 22.1 Å². The van der Waals surface area contributed by atoms with Crippen LogP contribution in [0.1, 0.15) is 25.0 Å². The van der Waals surface area contributed by atoms with Gasteiger partial charge < -0.3 is 5.73 Å². The van der Waals surface area contributed by atoms with Gasteiger partial charge in [-0.3, -0.25) is 4.68 Å². The normalized spacial score (nSPS) is 14.6. The molecule has 2 rings (SSSR count). The number of nitrogens with two attached hydrogens (primary N) is 1. The van der Waals surface area contributed by atoms with E-state index in [-0.39, 0.29) is 0 Å². The number of aromatic nitrogens is 2. The third-order valence-corrected chi connectivity index (χ3v) is 3.53. The Morgan fingerprint density at radius 2 is 1.94 bits per heavy atom. The second-order valence-electron chi connectivity index (χ2n) is 4.29. The first-order valence-corrected chi connectivity index (χ1v) is 6.41. The molecular weight excluding hydrogens is 278 g/mol. The molecule has 0 bridgehead atoms. The number of rotatable bonds is 3.